The van der Waals surface area contributed by atoms with E-state index in [1.165, 1.54) is 11.0 Å². The smallest absolute Gasteiger partial charge is 0.339 e. The number of hydrogen-bond acceptors (Lipinski definition) is 9. The highest BCUT2D eigenvalue weighted by atomic mass is 16.8. The van der Waals surface area contributed by atoms with E-state index in [0.717, 1.165) is 25.7 Å². The van der Waals surface area contributed by atoms with Gasteiger partial charge in [-0.15, -0.1) is 0 Å². The first-order chi connectivity index (χ1) is 21.8. The van der Waals surface area contributed by atoms with Crippen molar-refractivity contribution in [2.75, 3.05) is 20.7 Å². The molecule has 3 fully saturated rings. The number of esters is 2. The van der Waals surface area contributed by atoms with Crippen molar-refractivity contribution in [1.29, 1.82) is 0 Å². The molecule has 5 rings (SSSR count). The number of aliphatic hydroxyl groups excluding tert-OH is 1. The number of benzene rings is 1. The minimum atomic E-state index is -0.822. The van der Waals surface area contributed by atoms with Crippen LogP contribution in [0.5, 0.6) is 0 Å². The zero-order valence-corrected chi connectivity index (χ0v) is 27.3. The second-order valence-corrected chi connectivity index (χ2v) is 13.9. The van der Waals surface area contributed by atoms with E-state index in [4.69, 9.17) is 18.9 Å². The Morgan fingerprint density at radius 2 is 1.76 bits per heavy atom. The van der Waals surface area contributed by atoms with Crippen LogP contribution >= 0.6 is 0 Å². The van der Waals surface area contributed by atoms with Crippen molar-refractivity contribution in [1.82, 2.24) is 10.2 Å². The van der Waals surface area contributed by atoms with E-state index in [9.17, 15) is 24.3 Å². The Morgan fingerprint density at radius 1 is 1.09 bits per heavy atom. The fraction of sp³-hybridized carbons (Fsp3) is 0.600. The Labute approximate surface area is 270 Å². The number of ether oxygens (including phenoxy) is 4. The number of hydrogen-bond donors (Lipinski definition) is 2. The van der Waals surface area contributed by atoms with Gasteiger partial charge in [-0.05, 0) is 76.7 Å². The molecule has 2 amide bonds. The molecule has 2 N–H and O–H groups in total. The number of nitrogens with zero attached hydrogens (tertiary/aromatic N) is 1. The van der Waals surface area contributed by atoms with Gasteiger partial charge in [-0.3, -0.25) is 14.4 Å². The van der Waals surface area contributed by atoms with Crippen molar-refractivity contribution in [3.8, 4) is 0 Å². The van der Waals surface area contributed by atoms with Gasteiger partial charge in [0.05, 0.1) is 18.2 Å². The molecular formula is C35H46N2O9. The van der Waals surface area contributed by atoms with Gasteiger partial charge in [0.25, 0.3) is 0 Å². The lowest BCUT2D eigenvalue weighted by Gasteiger charge is -2.31. The van der Waals surface area contributed by atoms with Crippen molar-refractivity contribution >= 4 is 29.8 Å². The summed E-state index contributed by atoms with van der Waals surface area (Å²) in [7, 11) is 3.29. The number of aliphatic hydroxyl groups is 1. The molecule has 1 aromatic rings. The average Bonchev–Trinajstić information content (AvgIpc) is 3.94. The Bertz CT molecular complexity index is 1370. The van der Waals surface area contributed by atoms with E-state index < -0.39 is 53.6 Å². The molecule has 1 heterocycles. The number of carbonyl (C=O) groups excluding carboxylic acids is 4. The quantitative estimate of drug-likeness (QED) is 0.260. The van der Waals surface area contributed by atoms with Crippen molar-refractivity contribution in [3.05, 3.63) is 53.1 Å². The molecule has 250 valence electrons. The largest absolute Gasteiger partial charge is 0.460 e. The van der Waals surface area contributed by atoms with Gasteiger partial charge in [-0.1, -0.05) is 18.2 Å². The molecule has 4 aliphatic rings. The van der Waals surface area contributed by atoms with Crippen LogP contribution in [-0.2, 0) is 33.3 Å². The van der Waals surface area contributed by atoms with E-state index in [1.54, 1.807) is 71.3 Å². The van der Waals surface area contributed by atoms with Crippen LogP contribution < -0.4 is 5.32 Å². The van der Waals surface area contributed by atoms with Crippen LogP contribution in [0.4, 0.5) is 0 Å². The molecule has 2 saturated carbocycles. The summed E-state index contributed by atoms with van der Waals surface area (Å²) in [5.74, 6) is -1.91. The van der Waals surface area contributed by atoms with Gasteiger partial charge in [0.1, 0.15) is 23.9 Å². The van der Waals surface area contributed by atoms with Crippen molar-refractivity contribution in [2.45, 2.75) is 101 Å². The number of fused-ring (bicyclic) bond motifs is 1. The number of likely N-dealkylation sites (N-methyl/N-ethyl adjacent to an activating group) is 1. The molecule has 0 aromatic heterocycles. The van der Waals surface area contributed by atoms with E-state index in [2.05, 4.69) is 5.32 Å². The monoisotopic (exact) mass is 638 g/mol. The third-order valence-corrected chi connectivity index (χ3v) is 8.66. The Kier molecular flexibility index (Phi) is 10.0. The van der Waals surface area contributed by atoms with Crippen LogP contribution in [0, 0.1) is 11.8 Å². The minimum absolute atomic E-state index is 0.0308. The van der Waals surface area contributed by atoms with Crippen LogP contribution in [0.25, 0.3) is 6.08 Å². The summed E-state index contributed by atoms with van der Waals surface area (Å²) in [5, 5.41) is 12.8. The molecule has 4 unspecified atom stereocenters. The summed E-state index contributed by atoms with van der Waals surface area (Å²) in [6, 6.07) is 6.17. The highest BCUT2D eigenvalue weighted by Crippen LogP contribution is 2.59. The second-order valence-electron chi connectivity index (χ2n) is 13.9. The first-order valence-electron chi connectivity index (χ1n) is 16.2. The zero-order valence-electron chi connectivity index (χ0n) is 27.3. The van der Waals surface area contributed by atoms with Crippen LogP contribution in [0.1, 0.15) is 81.6 Å². The highest BCUT2D eigenvalue weighted by Gasteiger charge is 2.64. The molecular weight excluding hydrogens is 592 g/mol. The second kappa shape index (κ2) is 13.7. The lowest BCUT2D eigenvalue weighted by molar-refractivity contribution is -0.209. The lowest BCUT2D eigenvalue weighted by atomic mass is 9.91. The standard InChI is InChI=1S/C35H46N2O9/c1-34(2,3)45-30(40)17-15-25(20-38)36-32(41)22-18-27(31-28(19-22)44-35(46-31,23-11-12-23)24-13-14-24)43-33(42)26-9-7-6-8-21(26)10-16-29(39)37(4)5/h6-10,16,19,23-25,27-28,31,38H,11-15,17-18,20H2,1-5H3,(H,36,41). The normalized spacial score (nSPS) is 24.5. The van der Waals surface area contributed by atoms with Gasteiger partial charge in [0, 0.05) is 50.4 Å². The van der Waals surface area contributed by atoms with Crippen molar-refractivity contribution in [2.24, 2.45) is 11.8 Å². The minimum Gasteiger partial charge on any atom is -0.460 e. The Balaban J connectivity index is 1.34. The maximum Gasteiger partial charge on any atom is 0.339 e. The molecule has 46 heavy (non-hydrogen) atoms. The first-order valence-corrected chi connectivity index (χ1v) is 16.2. The van der Waals surface area contributed by atoms with E-state index in [-0.39, 0.29) is 49.2 Å². The summed E-state index contributed by atoms with van der Waals surface area (Å²) >= 11 is 0. The van der Waals surface area contributed by atoms with Crippen molar-refractivity contribution in [3.63, 3.8) is 0 Å². The van der Waals surface area contributed by atoms with Gasteiger partial charge in [-0.2, -0.15) is 0 Å². The van der Waals surface area contributed by atoms with Gasteiger partial charge in [0.2, 0.25) is 11.8 Å². The van der Waals surface area contributed by atoms with E-state index >= 15 is 0 Å². The molecule has 1 aromatic carbocycles. The number of carbonyl (C=O) groups is 4. The summed E-state index contributed by atoms with van der Waals surface area (Å²) in [5.41, 5.74) is 0.517. The topological polar surface area (TPSA) is 141 Å². The third-order valence-electron chi connectivity index (χ3n) is 8.66. The lowest BCUT2D eigenvalue weighted by Crippen LogP contribution is -2.45. The maximum absolute atomic E-state index is 13.7. The molecule has 0 radical (unpaired) electrons. The van der Waals surface area contributed by atoms with Crippen LogP contribution in [-0.4, -0.2) is 90.2 Å². The summed E-state index contributed by atoms with van der Waals surface area (Å²) in [6.07, 6.45) is 7.00. The van der Waals surface area contributed by atoms with Gasteiger partial charge < -0.3 is 34.3 Å². The molecule has 1 aliphatic heterocycles. The first kappa shape index (κ1) is 33.8. The van der Waals surface area contributed by atoms with Gasteiger partial charge >= 0.3 is 11.9 Å². The summed E-state index contributed by atoms with van der Waals surface area (Å²) in [6.45, 7) is 4.97. The summed E-state index contributed by atoms with van der Waals surface area (Å²) < 4.78 is 24.8. The maximum atomic E-state index is 13.7. The average molecular weight is 639 g/mol. The van der Waals surface area contributed by atoms with E-state index in [0.29, 0.717) is 11.1 Å². The fourth-order valence-electron chi connectivity index (χ4n) is 6.08. The SMILES string of the molecule is CN(C)C(=O)C=Cc1ccccc1C(=O)OC1CC(C(=O)NC(CO)CCC(=O)OC(C)(C)C)=CC2OC(C3CC3)(C3CC3)OC21. The molecule has 11 nitrogen and oxygen atoms in total. The molecule has 1 saturated heterocycles. The predicted octanol–water partition coefficient (Wildman–Crippen LogP) is 3.54. The number of rotatable bonds is 12. The fourth-order valence-corrected chi connectivity index (χ4v) is 6.08. The molecule has 11 heteroatoms. The van der Waals surface area contributed by atoms with Crippen molar-refractivity contribution < 1.29 is 43.2 Å². The van der Waals surface area contributed by atoms with E-state index in [1.807, 2.05) is 0 Å². The third kappa shape index (κ3) is 8.05. The molecule has 4 atom stereocenters. The van der Waals surface area contributed by atoms with Gasteiger partial charge in [-0.25, -0.2) is 4.79 Å². The Hall–Kier alpha value is -3.54. The Morgan fingerprint density at radius 3 is 2.37 bits per heavy atom. The highest BCUT2D eigenvalue weighted by molar-refractivity contribution is 5.97. The zero-order chi connectivity index (χ0) is 33.2. The van der Waals surface area contributed by atoms with Crippen LogP contribution in [0.15, 0.2) is 42.0 Å². The van der Waals surface area contributed by atoms with Crippen LogP contribution in [0.2, 0.25) is 0 Å². The number of amides is 2. The summed E-state index contributed by atoms with van der Waals surface area (Å²) in [4.78, 5) is 53.0. The molecule has 0 bridgehead atoms. The van der Waals surface area contributed by atoms with Crippen LogP contribution in [0.3, 0.4) is 0 Å². The predicted molar refractivity (Wildman–Crippen MR) is 168 cm³/mol. The van der Waals surface area contributed by atoms with Gasteiger partial charge in [0.15, 0.2) is 5.79 Å². The molecule has 0 spiro atoms. The number of nitrogens with one attached hydrogen (secondary N) is 1. The molecule has 3 aliphatic carbocycles.